The predicted molar refractivity (Wildman–Crippen MR) is 75.2 cm³/mol. The summed E-state index contributed by atoms with van der Waals surface area (Å²) >= 11 is 0. The second kappa shape index (κ2) is 7.55. The van der Waals surface area contributed by atoms with Gasteiger partial charge in [0, 0.05) is 32.7 Å². The van der Waals surface area contributed by atoms with Gasteiger partial charge >= 0.3 is 12.3 Å². The molecule has 1 heterocycles. The minimum Gasteiger partial charge on any atom is -0.387 e. The number of nitrogens with zero attached hydrogens (tertiary/aromatic N) is 2. The molecule has 1 fully saturated rings. The first-order valence-electron chi connectivity index (χ1n) is 7.32. The number of aliphatic hydroxyl groups is 1. The minimum atomic E-state index is -4.01. The monoisotopic (exact) mass is 338 g/mol. The molecule has 1 atom stereocenters. The Morgan fingerprint density at radius 3 is 2.26 bits per heavy atom. The second-order valence-electron chi connectivity index (χ2n) is 5.71. The molecule has 0 aromatic heterocycles. The van der Waals surface area contributed by atoms with E-state index in [1.807, 2.05) is 4.90 Å². The normalized spacial score (nSPS) is 19.3. The number of piperazine rings is 1. The maximum absolute atomic E-state index is 13.1. The van der Waals surface area contributed by atoms with Crippen LogP contribution in [0.4, 0.5) is 22.0 Å². The predicted octanol–water partition coefficient (Wildman–Crippen LogP) is 2.38. The molecule has 0 saturated carbocycles. The number of hydrogen-bond donors (Lipinski definition) is 1. The molecule has 23 heavy (non-hydrogen) atoms. The molecular weight excluding hydrogens is 319 g/mol. The highest BCUT2D eigenvalue weighted by molar-refractivity contribution is 5.19. The van der Waals surface area contributed by atoms with E-state index in [9.17, 15) is 27.1 Å². The molecule has 0 unspecified atom stereocenters. The first-order chi connectivity index (χ1) is 10.8. The van der Waals surface area contributed by atoms with E-state index in [1.54, 1.807) is 6.07 Å². The summed E-state index contributed by atoms with van der Waals surface area (Å²) in [6.07, 6.45) is -4.56. The van der Waals surface area contributed by atoms with E-state index >= 15 is 0 Å². The Morgan fingerprint density at radius 1 is 1.09 bits per heavy atom. The maximum atomic E-state index is 13.1. The molecular formula is C15H19F5N2O. The second-order valence-corrected chi connectivity index (χ2v) is 5.71. The first-order valence-corrected chi connectivity index (χ1v) is 7.32. The molecule has 1 aromatic rings. The molecule has 0 amide bonds. The van der Waals surface area contributed by atoms with Gasteiger partial charge in [-0.2, -0.15) is 8.78 Å². The highest BCUT2D eigenvalue weighted by Crippen LogP contribution is 2.24. The van der Waals surface area contributed by atoms with Gasteiger partial charge < -0.3 is 5.11 Å². The molecule has 1 aliphatic rings. The summed E-state index contributed by atoms with van der Waals surface area (Å²) in [7, 11) is 0. The standard InChI is InChI=1S/C15H19F5N2O/c16-12-3-1-2-11(8-12)13(23)9-21-4-6-22(7-5-21)10-15(19,20)14(17)18/h1-3,8,13-14,23H,4-7,9-10H2/t13-/m1/s1. The van der Waals surface area contributed by atoms with Crippen molar-refractivity contribution in [3.63, 3.8) is 0 Å². The van der Waals surface area contributed by atoms with Crippen molar-refractivity contribution >= 4 is 0 Å². The van der Waals surface area contributed by atoms with Crippen LogP contribution in [0.15, 0.2) is 24.3 Å². The van der Waals surface area contributed by atoms with Crippen LogP contribution in [-0.4, -0.2) is 66.5 Å². The number of β-amino-alcohol motifs (C(OH)–C–C–N with tert-alkyl or cyclic N) is 1. The fraction of sp³-hybridized carbons (Fsp3) is 0.600. The van der Waals surface area contributed by atoms with E-state index in [0.717, 1.165) is 0 Å². The average Bonchev–Trinajstić information content (AvgIpc) is 2.49. The summed E-state index contributed by atoms with van der Waals surface area (Å²) < 4.78 is 63.5. The number of benzene rings is 1. The molecule has 0 spiro atoms. The van der Waals surface area contributed by atoms with Crippen LogP contribution >= 0.6 is 0 Å². The number of aliphatic hydroxyl groups excluding tert-OH is 1. The van der Waals surface area contributed by atoms with E-state index in [2.05, 4.69) is 0 Å². The van der Waals surface area contributed by atoms with Crippen molar-refractivity contribution in [1.29, 1.82) is 0 Å². The van der Waals surface area contributed by atoms with Crippen molar-refractivity contribution < 1.29 is 27.1 Å². The Bertz CT molecular complexity index is 506. The molecule has 8 heteroatoms. The Balaban J connectivity index is 1.81. The van der Waals surface area contributed by atoms with E-state index in [-0.39, 0.29) is 19.6 Å². The largest absolute Gasteiger partial charge is 0.387 e. The van der Waals surface area contributed by atoms with Gasteiger partial charge in [-0.3, -0.25) is 9.80 Å². The van der Waals surface area contributed by atoms with Gasteiger partial charge in [0.25, 0.3) is 0 Å². The minimum absolute atomic E-state index is 0.220. The summed E-state index contributed by atoms with van der Waals surface area (Å²) in [6.45, 7) is 0.473. The quantitative estimate of drug-likeness (QED) is 0.807. The van der Waals surface area contributed by atoms with Crippen LogP contribution in [0.5, 0.6) is 0 Å². The zero-order valence-corrected chi connectivity index (χ0v) is 12.4. The van der Waals surface area contributed by atoms with Crippen LogP contribution in [0.25, 0.3) is 0 Å². The van der Waals surface area contributed by atoms with E-state index < -0.39 is 30.8 Å². The third-order valence-electron chi connectivity index (χ3n) is 3.88. The lowest BCUT2D eigenvalue weighted by atomic mass is 10.1. The van der Waals surface area contributed by atoms with E-state index in [4.69, 9.17) is 0 Å². The highest BCUT2D eigenvalue weighted by Gasteiger charge is 2.42. The van der Waals surface area contributed by atoms with Gasteiger partial charge in [-0.25, -0.2) is 13.2 Å². The van der Waals surface area contributed by atoms with Crippen LogP contribution in [0.1, 0.15) is 11.7 Å². The summed E-state index contributed by atoms with van der Waals surface area (Å²) in [5.41, 5.74) is 0.441. The molecule has 1 aromatic carbocycles. The Morgan fingerprint density at radius 2 is 1.70 bits per heavy atom. The van der Waals surface area contributed by atoms with Crippen LogP contribution in [0.3, 0.4) is 0 Å². The van der Waals surface area contributed by atoms with Gasteiger partial charge in [-0.05, 0) is 17.7 Å². The van der Waals surface area contributed by atoms with Gasteiger partial charge in [-0.15, -0.1) is 0 Å². The first kappa shape index (κ1) is 18.1. The number of alkyl halides is 4. The molecule has 1 saturated heterocycles. The summed E-state index contributed by atoms with van der Waals surface area (Å²) in [4.78, 5) is 3.13. The fourth-order valence-electron chi connectivity index (χ4n) is 2.56. The van der Waals surface area contributed by atoms with Gasteiger partial charge in [0.05, 0.1) is 12.6 Å². The summed E-state index contributed by atoms with van der Waals surface area (Å²) in [5, 5.41) is 10.1. The van der Waals surface area contributed by atoms with Crippen LogP contribution in [-0.2, 0) is 0 Å². The van der Waals surface area contributed by atoms with Crippen LogP contribution in [0, 0.1) is 5.82 Å². The molecule has 0 radical (unpaired) electrons. The molecule has 0 aliphatic carbocycles. The number of halogens is 5. The molecule has 1 N–H and O–H groups in total. The third-order valence-corrected chi connectivity index (χ3v) is 3.88. The third kappa shape index (κ3) is 5.12. The fourth-order valence-corrected chi connectivity index (χ4v) is 2.56. The van der Waals surface area contributed by atoms with Crippen molar-refractivity contribution in [2.75, 3.05) is 39.3 Å². The summed E-state index contributed by atoms with van der Waals surface area (Å²) in [6, 6.07) is 5.62. The van der Waals surface area contributed by atoms with Crippen molar-refractivity contribution in [1.82, 2.24) is 9.80 Å². The van der Waals surface area contributed by atoms with Gasteiger partial charge in [0.1, 0.15) is 5.82 Å². The molecule has 3 nitrogen and oxygen atoms in total. The summed E-state index contributed by atoms with van der Waals surface area (Å²) in [5.74, 6) is -4.45. The lowest BCUT2D eigenvalue weighted by Crippen LogP contribution is -2.51. The lowest BCUT2D eigenvalue weighted by Gasteiger charge is -2.36. The topological polar surface area (TPSA) is 26.7 Å². The maximum Gasteiger partial charge on any atom is 0.319 e. The van der Waals surface area contributed by atoms with Crippen LogP contribution in [0.2, 0.25) is 0 Å². The molecule has 2 rings (SSSR count). The Kier molecular flexibility index (Phi) is 5.94. The van der Waals surface area contributed by atoms with Gasteiger partial charge in [-0.1, -0.05) is 12.1 Å². The lowest BCUT2D eigenvalue weighted by molar-refractivity contribution is -0.145. The SMILES string of the molecule is O[C@H](CN1CCN(CC(F)(F)C(F)F)CC1)c1cccc(F)c1. The van der Waals surface area contributed by atoms with Crippen molar-refractivity contribution in [3.05, 3.63) is 35.6 Å². The molecule has 130 valence electrons. The van der Waals surface area contributed by atoms with Crippen molar-refractivity contribution in [2.24, 2.45) is 0 Å². The van der Waals surface area contributed by atoms with E-state index in [0.29, 0.717) is 18.7 Å². The van der Waals surface area contributed by atoms with E-state index in [1.165, 1.54) is 23.1 Å². The number of rotatable bonds is 6. The Labute approximate surface area is 131 Å². The van der Waals surface area contributed by atoms with Crippen molar-refractivity contribution in [2.45, 2.75) is 18.5 Å². The zero-order valence-electron chi connectivity index (χ0n) is 12.4. The Hall–Kier alpha value is -1.25. The van der Waals surface area contributed by atoms with Gasteiger partial charge in [0.2, 0.25) is 0 Å². The van der Waals surface area contributed by atoms with Gasteiger partial charge in [0.15, 0.2) is 0 Å². The molecule has 0 bridgehead atoms. The highest BCUT2D eigenvalue weighted by atomic mass is 19.3. The van der Waals surface area contributed by atoms with Crippen molar-refractivity contribution in [3.8, 4) is 0 Å². The number of hydrogen-bond acceptors (Lipinski definition) is 3. The molecule has 1 aliphatic heterocycles. The smallest absolute Gasteiger partial charge is 0.319 e. The zero-order chi connectivity index (χ0) is 17.0. The van der Waals surface area contributed by atoms with Crippen LogP contribution < -0.4 is 0 Å². The average molecular weight is 338 g/mol.